The molecule has 0 aliphatic rings. The molecule has 0 spiro atoms. The maximum absolute atomic E-state index is 13.5. The summed E-state index contributed by atoms with van der Waals surface area (Å²) in [6.45, 7) is 0.140. The van der Waals surface area contributed by atoms with Crippen molar-refractivity contribution in [1.82, 2.24) is 9.97 Å². The van der Waals surface area contributed by atoms with Gasteiger partial charge in [-0.2, -0.15) is 26.3 Å². The van der Waals surface area contributed by atoms with Crippen LogP contribution in [0.1, 0.15) is 16.8 Å². The first kappa shape index (κ1) is 25.3. The average molecular weight is 525 g/mol. The van der Waals surface area contributed by atoms with Gasteiger partial charge in [0, 0.05) is 22.2 Å². The lowest BCUT2D eigenvalue weighted by Crippen LogP contribution is -2.11. The quantitative estimate of drug-likeness (QED) is 0.271. The molecule has 0 unspecified atom stereocenters. The fraction of sp³-hybridized carbons (Fsp3) is 0.120. The van der Waals surface area contributed by atoms with Crippen molar-refractivity contribution in [3.63, 3.8) is 0 Å². The van der Waals surface area contributed by atoms with Crippen LogP contribution >= 0.6 is 11.6 Å². The number of benzene rings is 3. The van der Waals surface area contributed by atoms with Crippen molar-refractivity contribution in [2.45, 2.75) is 19.0 Å². The van der Waals surface area contributed by atoms with Gasteiger partial charge in [-0.3, -0.25) is 0 Å². The van der Waals surface area contributed by atoms with Crippen molar-refractivity contribution in [1.29, 1.82) is 0 Å². The Morgan fingerprint density at radius 2 is 1.53 bits per heavy atom. The second-order valence-corrected chi connectivity index (χ2v) is 8.07. The number of nitrogens with zero attached hydrogens (tertiary/aromatic N) is 2. The van der Waals surface area contributed by atoms with E-state index in [-0.39, 0.29) is 29.2 Å². The summed E-state index contributed by atoms with van der Waals surface area (Å²) < 4.78 is 85.5. The van der Waals surface area contributed by atoms with Gasteiger partial charge in [0.25, 0.3) is 0 Å². The molecule has 0 radical (unpaired) electrons. The monoisotopic (exact) mass is 524 g/mol. The first-order chi connectivity index (χ1) is 16.9. The molecule has 4 aromatic rings. The van der Waals surface area contributed by atoms with E-state index in [1.54, 1.807) is 24.3 Å². The molecule has 3 aromatic carbocycles. The first-order valence-electron chi connectivity index (χ1n) is 10.2. The maximum atomic E-state index is 13.5. The van der Waals surface area contributed by atoms with Crippen molar-refractivity contribution in [2.24, 2.45) is 0 Å². The number of halogens is 7. The standard InChI is InChI=1S/C25H15ClF6N2O2/c26-17-6-4-14(5-7-17)13-36-18-8-9-19(21(35)11-18)20-12-22(25(30,31)32)34-23(33-20)15-2-1-3-16(10-15)24(27,28)29/h1-12,35H,13H2. The smallest absolute Gasteiger partial charge is 0.433 e. The third kappa shape index (κ3) is 5.88. The second kappa shape index (κ2) is 9.69. The van der Waals surface area contributed by atoms with Crippen molar-refractivity contribution in [3.8, 4) is 34.1 Å². The van der Waals surface area contributed by atoms with Crippen LogP contribution in [0.25, 0.3) is 22.6 Å². The number of aromatic nitrogens is 2. The van der Waals surface area contributed by atoms with Crippen molar-refractivity contribution in [3.05, 3.63) is 94.6 Å². The van der Waals surface area contributed by atoms with E-state index >= 15 is 0 Å². The molecule has 1 heterocycles. The molecule has 11 heteroatoms. The highest BCUT2D eigenvalue weighted by Gasteiger charge is 2.35. The topological polar surface area (TPSA) is 55.2 Å². The average Bonchev–Trinajstić information content (AvgIpc) is 2.82. The fourth-order valence-electron chi connectivity index (χ4n) is 3.26. The van der Waals surface area contributed by atoms with Gasteiger partial charge in [0.2, 0.25) is 0 Å². The highest BCUT2D eigenvalue weighted by atomic mass is 35.5. The highest BCUT2D eigenvalue weighted by Crippen LogP contribution is 2.37. The minimum Gasteiger partial charge on any atom is -0.507 e. The zero-order chi connectivity index (χ0) is 26.1. The Balaban J connectivity index is 1.69. The minimum atomic E-state index is -4.91. The van der Waals surface area contributed by atoms with E-state index in [9.17, 15) is 31.4 Å². The van der Waals surface area contributed by atoms with Gasteiger partial charge in [-0.1, -0.05) is 35.9 Å². The molecule has 0 bridgehead atoms. The molecule has 0 saturated heterocycles. The Morgan fingerprint density at radius 3 is 2.17 bits per heavy atom. The van der Waals surface area contributed by atoms with E-state index in [4.69, 9.17) is 16.3 Å². The van der Waals surface area contributed by atoms with Gasteiger partial charge >= 0.3 is 12.4 Å². The predicted octanol–water partition coefficient (Wildman–Crippen LogP) is 7.79. The molecular formula is C25H15ClF6N2O2. The molecule has 4 rings (SSSR count). The van der Waals surface area contributed by atoms with E-state index in [2.05, 4.69) is 9.97 Å². The summed E-state index contributed by atoms with van der Waals surface area (Å²) >= 11 is 5.84. The summed E-state index contributed by atoms with van der Waals surface area (Å²) in [4.78, 5) is 7.43. The van der Waals surface area contributed by atoms with Crippen LogP contribution < -0.4 is 4.74 Å². The number of phenols is 1. The highest BCUT2D eigenvalue weighted by molar-refractivity contribution is 6.30. The van der Waals surface area contributed by atoms with Crippen LogP contribution in [0.15, 0.2) is 72.8 Å². The molecule has 0 atom stereocenters. The zero-order valence-electron chi connectivity index (χ0n) is 18.0. The molecule has 0 fully saturated rings. The largest absolute Gasteiger partial charge is 0.507 e. The second-order valence-electron chi connectivity index (χ2n) is 7.63. The van der Waals surface area contributed by atoms with E-state index < -0.39 is 35.2 Å². The van der Waals surface area contributed by atoms with Crippen molar-refractivity contribution < 1.29 is 36.2 Å². The van der Waals surface area contributed by atoms with E-state index in [1.807, 2.05) is 0 Å². The molecule has 1 aromatic heterocycles. The Morgan fingerprint density at radius 1 is 0.806 bits per heavy atom. The maximum Gasteiger partial charge on any atom is 0.433 e. The molecule has 186 valence electrons. The molecule has 0 saturated carbocycles. The summed E-state index contributed by atoms with van der Waals surface area (Å²) in [6, 6.07) is 15.0. The number of hydrogen-bond acceptors (Lipinski definition) is 4. The van der Waals surface area contributed by atoms with Crippen LogP contribution in [-0.2, 0) is 19.0 Å². The SMILES string of the molecule is Oc1cc(OCc2ccc(Cl)cc2)ccc1-c1cc(C(F)(F)F)nc(-c2cccc(C(F)(F)F)c2)n1. The number of hydrogen-bond donors (Lipinski definition) is 1. The van der Waals surface area contributed by atoms with Gasteiger partial charge in [0.15, 0.2) is 5.82 Å². The Labute approximate surface area is 205 Å². The lowest BCUT2D eigenvalue weighted by Gasteiger charge is -2.14. The van der Waals surface area contributed by atoms with E-state index in [0.29, 0.717) is 17.2 Å². The fourth-order valence-corrected chi connectivity index (χ4v) is 3.39. The van der Waals surface area contributed by atoms with Gasteiger partial charge in [0.05, 0.1) is 11.3 Å². The number of phenolic OH excluding ortho intramolecular Hbond substituents is 1. The van der Waals surface area contributed by atoms with E-state index in [0.717, 1.165) is 17.7 Å². The molecule has 4 nitrogen and oxygen atoms in total. The third-order valence-electron chi connectivity index (χ3n) is 5.03. The summed E-state index contributed by atoms with van der Waals surface area (Å²) in [6.07, 6.45) is -9.62. The summed E-state index contributed by atoms with van der Waals surface area (Å²) in [7, 11) is 0. The number of alkyl halides is 6. The molecule has 0 aliphatic heterocycles. The Bertz CT molecular complexity index is 1390. The van der Waals surface area contributed by atoms with Crippen LogP contribution in [0, 0.1) is 0 Å². The van der Waals surface area contributed by atoms with Crippen molar-refractivity contribution in [2.75, 3.05) is 0 Å². The number of rotatable bonds is 5. The van der Waals surface area contributed by atoms with Gasteiger partial charge in [0.1, 0.15) is 23.8 Å². The lowest BCUT2D eigenvalue weighted by atomic mass is 10.1. The molecule has 1 N–H and O–H groups in total. The van der Waals surface area contributed by atoms with Crippen LogP contribution in [-0.4, -0.2) is 15.1 Å². The van der Waals surface area contributed by atoms with Gasteiger partial charge in [-0.15, -0.1) is 0 Å². The predicted molar refractivity (Wildman–Crippen MR) is 120 cm³/mol. The third-order valence-corrected chi connectivity index (χ3v) is 5.28. The molecule has 0 amide bonds. The van der Waals surface area contributed by atoms with Crippen molar-refractivity contribution >= 4 is 11.6 Å². The Kier molecular flexibility index (Phi) is 6.81. The molecule has 36 heavy (non-hydrogen) atoms. The molecule has 0 aliphatic carbocycles. The number of aromatic hydroxyl groups is 1. The number of ether oxygens (including phenoxy) is 1. The van der Waals surface area contributed by atoms with Crippen LogP contribution in [0.4, 0.5) is 26.3 Å². The van der Waals surface area contributed by atoms with Crippen LogP contribution in [0.2, 0.25) is 5.02 Å². The lowest BCUT2D eigenvalue weighted by molar-refractivity contribution is -0.141. The van der Waals surface area contributed by atoms with Gasteiger partial charge in [-0.25, -0.2) is 9.97 Å². The summed E-state index contributed by atoms with van der Waals surface area (Å²) in [5.74, 6) is -0.784. The summed E-state index contributed by atoms with van der Waals surface area (Å²) in [5, 5.41) is 11.0. The summed E-state index contributed by atoms with van der Waals surface area (Å²) in [5.41, 5.74) is -2.32. The molecular weight excluding hydrogens is 510 g/mol. The van der Waals surface area contributed by atoms with Crippen LogP contribution in [0.3, 0.4) is 0 Å². The Hall–Kier alpha value is -3.79. The first-order valence-corrected chi connectivity index (χ1v) is 10.6. The van der Waals surface area contributed by atoms with Crippen LogP contribution in [0.5, 0.6) is 11.5 Å². The normalized spacial score (nSPS) is 12.0. The zero-order valence-corrected chi connectivity index (χ0v) is 18.8. The van der Waals surface area contributed by atoms with E-state index in [1.165, 1.54) is 24.3 Å². The minimum absolute atomic E-state index is 0.0880. The van der Waals surface area contributed by atoms with Gasteiger partial charge < -0.3 is 9.84 Å². The van der Waals surface area contributed by atoms with Gasteiger partial charge in [-0.05, 0) is 48.0 Å².